The van der Waals surface area contributed by atoms with Gasteiger partial charge in [-0.05, 0) is 38.5 Å². The molecule has 148 valence electrons. The summed E-state index contributed by atoms with van der Waals surface area (Å²) in [6.45, 7) is 6.74. The highest BCUT2D eigenvalue weighted by Crippen LogP contribution is 2.25. The van der Waals surface area contributed by atoms with E-state index < -0.39 is 0 Å². The molecular weight excluding hydrogens is 356 g/mol. The summed E-state index contributed by atoms with van der Waals surface area (Å²) in [4.78, 5) is 41.3. The number of hydrogen-bond acceptors (Lipinski definition) is 4. The Labute approximate surface area is 164 Å². The number of hydrogen-bond donors (Lipinski definition) is 0. The van der Waals surface area contributed by atoms with Crippen LogP contribution in [0.1, 0.15) is 70.3 Å². The SMILES string of the molecule is CCCCN1C(=O)c2ccc(C(=O)N(Cc3cnn(C)c3)C(C)C)cc2C1=O. The van der Waals surface area contributed by atoms with Crippen LogP contribution < -0.4 is 0 Å². The Hall–Kier alpha value is -2.96. The van der Waals surface area contributed by atoms with Crippen LogP contribution in [0.25, 0.3) is 0 Å². The highest BCUT2D eigenvalue weighted by Gasteiger charge is 2.35. The van der Waals surface area contributed by atoms with Crippen molar-refractivity contribution in [1.29, 1.82) is 0 Å². The molecule has 28 heavy (non-hydrogen) atoms. The van der Waals surface area contributed by atoms with E-state index in [-0.39, 0.29) is 23.8 Å². The first-order valence-corrected chi connectivity index (χ1v) is 9.62. The minimum atomic E-state index is -0.313. The van der Waals surface area contributed by atoms with E-state index in [1.165, 1.54) is 4.90 Å². The van der Waals surface area contributed by atoms with Gasteiger partial charge in [0, 0.05) is 43.5 Å². The zero-order chi connectivity index (χ0) is 20.4. The van der Waals surface area contributed by atoms with Gasteiger partial charge in [-0.2, -0.15) is 5.10 Å². The number of benzene rings is 1. The first kappa shape index (κ1) is 19.8. The average molecular weight is 382 g/mol. The molecule has 7 heteroatoms. The molecule has 1 aromatic carbocycles. The number of amides is 3. The summed E-state index contributed by atoms with van der Waals surface area (Å²) < 4.78 is 1.70. The molecular formula is C21H26N4O3. The minimum absolute atomic E-state index is 0.0284. The predicted molar refractivity (Wildman–Crippen MR) is 105 cm³/mol. The molecule has 3 amide bonds. The number of aryl methyl sites for hydroxylation is 1. The molecule has 0 radical (unpaired) electrons. The van der Waals surface area contributed by atoms with Crippen molar-refractivity contribution < 1.29 is 14.4 Å². The standard InChI is InChI=1S/C21H26N4O3/c1-5-6-9-24-20(27)17-8-7-16(10-18(17)21(24)28)19(26)25(14(2)3)13-15-11-22-23(4)12-15/h7-8,10-12,14H,5-6,9,13H2,1-4H3. The Kier molecular flexibility index (Phi) is 5.63. The van der Waals surface area contributed by atoms with Crippen molar-refractivity contribution in [3.63, 3.8) is 0 Å². The number of aromatic nitrogens is 2. The van der Waals surface area contributed by atoms with Gasteiger partial charge in [0.1, 0.15) is 0 Å². The predicted octanol–water partition coefficient (Wildman–Crippen LogP) is 2.87. The van der Waals surface area contributed by atoms with Gasteiger partial charge in [-0.1, -0.05) is 13.3 Å². The number of rotatable bonds is 7. The zero-order valence-corrected chi connectivity index (χ0v) is 16.8. The second-order valence-electron chi connectivity index (χ2n) is 7.42. The molecule has 0 N–H and O–H groups in total. The zero-order valence-electron chi connectivity index (χ0n) is 16.8. The molecule has 0 saturated heterocycles. The highest BCUT2D eigenvalue weighted by atomic mass is 16.2. The van der Waals surface area contributed by atoms with Crippen molar-refractivity contribution >= 4 is 17.7 Å². The molecule has 0 unspecified atom stereocenters. The van der Waals surface area contributed by atoms with Crippen molar-refractivity contribution in [1.82, 2.24) is 19.6 Å². The van der Waals surface area contributed by atoms with Crippen LogP contribution in [0.3, 0.4) is 0 Å². The Bertz CT molecular complexity index is 916. The molecule has 1 aliphatic heterocycles. The molecule has 3 rings (SSSR count). The molecule has 1 aromatic heterocycles. The van der Waals surface area contributed by atoms with Crippen LogP contribution in [0, 0.1) is 0 Å². The summed E-state index contributed by atoms with van der Waals surface area (Å²) in [5.74, 6) is -0.760. The Morgan fingerprint density at radius 3 is 2.50 bits per heavy atom. The fourth-order valence-corrected chi connectivity index (χ4v) is 3.35. The number of carbonyl (C=O) groups is 3. The monoisotopic (exact) mass is 382 g/mol. The number of imide groups is 1. The van der Waals surface area contributed by atoms with Crippen LogP contribution in [0.2, 0.25) is 0 Å². The molecule has 0 fully saturated rings. The summed E-state index contributed by atoms with van der Waals surface area (Å²) in [7, 11) is 1.83. The highest BCUT2D eigenvalue weighted by molar-refractivity contribution is 6.22. The fourth-order valence-electron chi connectivity index (χ4n) is 3.35. The molecule has 0 spiro atoms. The maximum Gasteiger partial charge on any atom is 0.261 e. The van der Waals surface area contributed by atoms with E-state index in [0.29, 0.717) is 29.8 Å². The normalized spacial score (nSPS) is 13.4. The third-order valence-electron chi connectivity index (χ3n) is 4.95. The van der Waals surface area contributed by atoms with Crippen molar-refractivity contribution in [2.45, 2.75) is 46.2 Å². The van der Waals surface area contributed by atoms with Crippen LogP contribution in [-0.2, 0) is 13.6 Å². The van der Waals surface area contributed by atoms with Crippen LogP contribution in [0.5, 0.6) is 0 Å². The Balaban J connectivity index is 1.86. The fraction of sp³-hybridized carbons (Fsp3) is 0.429. The Morgan fingerprint density at radius 2 is 1.89 bits per heavy atom. The average Bonchev–Trinajstić information content (AvgIpc) is 3.18. The first-order chi connectivity index (χ1) is 13.3. The smallest absolute Gasteiger partial charge is 0.261 e. The van der Waals surface area contributed by atoms with Crippen LogP contribution in [0.15, 0.2) is 30.6 Å². The van der Waals surface area contributed by atoms with Crippen LogP contribution >= 0.6 is 0 Å². The maximum atomic E-state index is 13.1. The number of unbranched alkanes of at least 4 members (excludes halogenated alkanes) is 1. The molecule has 2 heterocycles. The largest absolute Gasteiger partial charge is 0.332 e. The third kappa shape index (κ3) is 3.69. The van der Waals surface area contributed by atoms with Crippen molar-refractivity contribution in [3.8, 4) is 0 Å². The molecule has 0 aliphatic carbocycles. The lowest BCUT2D eigenvalue weighted by molar-refractivity contribution is 0.0651. The number of fused-ring (bicyclic) bond motifs is 1. The second kappa shape index (κ2) is 7.96. The van der Waals surface area contributed by atoms with Gasteiger partial charge in [0.2, 0.25) is 0 Å². The second-order valence-corrected chi connectivity index (χ2v) is 7.42. The van der Waals surface area contributed by atoms with Crippen LogP contribution in [0.4, 0.5) is 0 Å². The maximum absolute atomic E-state index is 13.1. The van der Waals surface area contributed by atoms with Crippen molar-refractivity contribution in [2.75, 3.05) is 6.54 Å². The Morgan fingerprint density at radius 1 is 1.18 bits per heavy atom. The summed E-state index contributed by atoms with van der Waals surface area (Å²) >= 11 is 0. The first-order valence-electron chi connectivity index (χ1n) is 9.62. The van der Waals surface area contributed by atoms with Gasteiger partial charge in [0.25, 0.3) is 17.7 Å². The van der Waals surface area contributed by atoms with E-state index in [0.717, 1.165) is 18.4 Å². The lowest BCUT2D eigenvalue weighted by Gasteiger charge is -2.26. The number of nitrogens with zero attached hydrogens (tertiary/aromatic N) is 4. The lowest BCUT2D eigenvalue weighted by Crippen LogP contribution is -2.36. The summed E-state index contributed by atoms with van der Waals surface area (Å²) in [5, 5.41) is 4.15. The van der Waals surface area contributed by atoms with E-state index in [2.05, 4.69) is 5.10 Å². The summed E-state index contributed by atoms with van der Waals surface area (Å²) in [6, 6.07) is 4.76. The van der Waals surface area contributed by atoms with Crippen molar-refractivity contribution in [3.05, 3.63) is 52.8 Å². The molecule has 7 nitrogen and oxygen atoms in total. The molecule has 0 saturated carbocycles. The summed E-state index contributed by atoms with van der Waals surface area (Å²) in [6.07, 6.45) is 5.27. The quantitative estimate of drug-likeness (QED) is 0.690. The van der Waals surface area contributed by atoms with E-state index in [9.17, 15) is 14.4 Å². The van der Waals surface area contributed by atoms with Gasteiger partial charge in [0.05, 0.1) is 17.3 Å². The lowest BCUT2D eigenvalue weighted by atomic mass is 10.0. The van der Waals surface area contributed by atoms with Gasteiger partial charge in [-0.25, -0.2) is 0 Å². The summed E-state index contributed by atoms with van der Waals surface area (Å²) in [5.41, 5.74) is 2.04. The van der Waals surface area contributed by atoms with Gasteiger partial charge in [-0.3, -0.25) is 24.0 Å². The molecule has 0 atom stereocenters. The van der Waals surface area contributed by atoms with E-state index in [1.54, 1.807) is 34.0 Å². The molecule has 0 bridgehead atoms. The molecule has 1 aliphatic rings. The van der Waals surface area contributed by atoms with E-state index in [1.807, 2.05) is 34.0 Å². The van der Waals surface area contributed by atoms with Crippen molar-refractivity contribution in [2.24, 2.45) is 7.05 Å². The van der Waals surface area contributed by atoms with E-state index >= 15 is 0 Å². The van der Waals surface area contributed by atoms with Gasteiger partial charge in [0.15, 0.2) is 0 Å². The van der Waals surface area contributed by atoms with Gasteiger partial charge >= 0.3 is 0 Å². The van der Waals surface area contributed by atoms with Gasteiger partial charge in [-0.15, -0.1) is 0 Å². The van der Waals surface area contributed by atoms with E-state index in [4.69, 9.17) is 0 Å². The van der Waals surface area contributed by atoms with Crippen LogP contribution in [-0.4, -0.2) is 49.9 Å². The number of carbonyl (C=O) groups excluding carboxylic acids is 3. The van der Waals surface area contributed by atoms with Gasteiger partial charge < -0.3 is 4.90 Å². The minimum Gasteiger partial charge on any atom is -0.332 e. The molecule has 2 aromatic rings. The topological polar surface area (TPSA) is 75.5 Å². The third-order valence-corrected chi connectivity index (χ3v) is 4.95.